The second-order valence-corrected chi connectivity index (χ2v) is 10.4. The molecule has 45 heavy (non-hydrogen) atoms. The average Bonchev–Trinajstić information content (AvgIpc) is 3.07. The zero-order chi connectivity index (χ0) is 33.3. The molecular weight excluding hydrogens is 584 g/mol. The Morgan fingerprint density at radius 3 is 1.96 bits per heavy atom. The molecule has 0 aromatic heterocycles. The number of Topliss-reactive ketones (excluding diaryl/α,β-unsaturated/α-hetero) is 1. The molecule has 0 saturated carbocycles. The van der Waals surface area contributed by atoms with Crippen molar-refractivity contribution in [3.8, 4) is 45.6 Å². The fraction of sp³-hybridized carbons (Fsp3) is 0.471. The Hall–Kier alpha value is -4.22. The minimum atomic E-state index is -1.05. The number of ether oxygens (including phenoxy) is 7. The summed E-state index contributed by atoms with van der Waals surface area (Å²) in [5.74, 6) is 0.673. The van der Waals surface area contributed by atoms with E-state index in [1.807, 2.05) is 13.8 Å². The summed E-state index contributed by atoms with van der Waals surface area (Å²) < 4.78 is 39.9. The van der Waals surface area contributed by atoms with Gasteiger partial charge in [-0.05, 0) is 29.7 Å². The predicted molar refractivity (Wildman–Crippen MR) is 170 cm³/mol. The standard InChI is InChI=1S/C34H44O11/c1-9-19(10-2)15-23(37)29-30(34(38)44-8)27(20-11-12-24(39-3)25(16-20)40-4)28-22(31(29)45-14-13-21(36)18-35)17-26(41-5)32(42-6)33(28)43-7/h11-12,16-17,19,21,35-36H,9-10,13-15,18H2,1-8H3/t21-/m0/s1. The van der Waals surface area contributed by atoms with E-state index in [-0.39, 0.29) is 59.5 Å². The Bertz CT molecular complexity index is 1490. The first kappa shape index (κ1) is 35.3. The third-order valence-corrected chi connectivity index (χ3v) is 7.93. The highest BCUT2D eigenvalue weighted by atomic mass is 16.5. The second-order valence-electron chi connectivity index (χ2n) is 10.4. The highest BCUT2D eigenvalue weighted by Gasteiger charge is 2.34. The van der Waals surface area contributed by atoms with Crippen molar-refractivity contribution in [1.82, 2.24) is 0 Å². The molecule has 0 radical (unpaired) electrons. The molecule has 11 nitrogen and oxygen atoms in total. The summed E-state index contributed by atoms with van der Waals surface area (Å²) in [7, 11) is 8.64. The number of methoxy groups -OCH3 is 6. The largest absolute Gasteiger partial charge is 0.493 e. The van der Waals surface area contributed by atoms with Crippen LogP contribution in [0.25, 0.3) is 21.9 Å². The number of fused-ring (bicyclic) bond motifs is 1. The first-order chi connectivity index (χ1) is 21.7. The summed E-state index contributed by atoms with van der Waals surface area (Å²) in [6.45, 7) is 3.48. The normalized spacial score (nSPS) is 11.7. The van der Waals surface area contributed by atoms with Crippen molar-refractivity contribution in [3.63, 3.8) is 0 Å². The van der Waals surface area contributed by atoms with Crippen molar-refractivity contribution >= 4 is 22.5 Å². The number of rotatable bonds is 17. The number of carbonyl (C=O) groups is 2. The van der Waals surface area contributed by atoms with Crippen LogP contribution < -0.4 is 28.4 Å². The Morgan fingerprint density at radius 1 is 0.778 bits per heavy atom. The maximum absolute atomic E-state index is 14.4. The first-order valence-electron chi connectivity index (χ1n) is 14.8. The van der Waals surface area contributed by atoms with Crippen LogP contribution in [0.15, 0.2) is 24.3 Å². The number of aliphatic hydroxyl groups excluding tert-OH is 2. The number of aliphatic hydroxyl groups is 2. The van der Waals surface area contributed by atoms with Crippen LogP contribution in [0.3, 0.4) is 0 Å². The van der Waals surface area contributed by atoms with Gasteiger partial charge in [-0.25, -0.2) is 4.79 Å². The van der Waals surface area contributed by atoms with Crippen molar-refractivity contribution in [2.24, 2.45) is 5.92 Å². The summed E-state index contributed by atoms with van der Waals surface area (Å²) in [5, 5.41) is 20.2. The van der Waals surface area contributed by atoms with Gasteiger partial charge in [0.15, 0.2) is 28.8 Å². The van der Waals surface area contributed by atoms with Gasteiger partial charge in [-0.1, -0.05) is 32.8 Å². The number of esters is 1. The number of benzene rings is 3. The second kappa shape index (κ2) is 16.2. The van der Waals surface area contributed by atoms with E-state index in [0.29, 0.717) is 39.1 Å². The summed E-state index contributed by atoms with van der Waals surface area (Å²) in [4.78, 5) is 28.2. The van der Waals surface area contributed by atoms with Gasteiger partial charge in [-0.2, -0.15) is 0 Å². The van der Waals surface area contributed by atoms with Crippen LogP contribution in [-0.4, -0.2) is 83.9 Å². The van der Waals surface area contributed by atoms with Crippen molar-refractivity contribution < 1.29 is 53.0 Å². The van der Waals surface area contributed by atoms with Gasteiger partial charge >= 0.3 is 5.97 Å². The van der Waals surface area contributed by atoms with Gasteiger partial charge in [-0.15, -0.1) is 0 Å². The van der Waals surface area contributed by atoms with Gasteiger partial charge in [-0.3, -0.25) is 4.79 Å². The molecule has 3 rings (SSSR count). The maximum Gasteiger partial charge on any atom is 0.339 e. The molecule has 3 aromatic rings. The van der Waals surface area contributed by atoms with Gasteiger partial charge in [0.1, 0.15) is 5.75 Å². The van der Waals surface area contributed by atoms with E-state index >= 15 is 0 Å². The lowest BCUT2D eigenvalue weighted by Crippen LogP contribution is -2.20. The van der Waals surface area contributed by atoms with E-state index in [9.17, 15) is 19.8 Å². The van der Waals surface area contributed by atoms with Gasteiger partial charge in [0.2, 0.25) is 5.75 Å². The van der Waals surface area contributed by atoms with Crippen molar-refractivity contribution in [2.45, 2.75) is 45.6 Å². The number of hydrogen-bond donors (Lipinski definition) is 2. The van der Waals surface area contributed by atoms with E-state index in [1.165, 1.54) is 42.7 Å². The Balaban J connectivity index is 2.67. The summed E-state index contributed by atoms with van der Waals surface area (Å²) in [6.07, 6.45) is 0.671. The molecule has 0 fully saturated rings. The Kier molecular flexibility index (Phi) is 12.7. The topological polar surface area (TPSA) is 139 Å². The van der Waals surface area contributed by atoms with Crippen LogP contribution >= 0.6 is 0 Å². The van der Waals surface area contributed by atoms with E-state index in [2.05, 4.69) is 0 Å². The van der Waals surface area contributed by atoms with Crippen molar-refractivity contribution in [3.05, 3.63) is 35.4 Å². The lowest BCUT2D eigenvalue weighted by Gasteiger charge is -2.25. The molecule has 0 aliphatic heterocycles. The van der Waals surface area contributed by atoms with E-state index < -0.39 is 18.7 Å². The highest BCUT2D eigenvalue weighted by molar-refractivity contribution is 6.21. The van der Waals surface area contributed by atoms with E-state index in [0.717, 1.165) is 12.8 Å². The summed E-state index contributed by atoms with van der Waals surface area (Å²) in [5.41, 5.74) is 0.823. The zero-order valence-electron chi connectivity index (χ0n) is 27.3. The predicted octanol–water partition coefficient (Wildman–Crippen LogP) is 5.47. The highest BCUT2D eigenvalue weighted by Crippen LogP contribution is 2.53. The fourth-order valence-electron chi connectivity index (χ4n) is 5.41. The average molecular weight is 629 g/mol. The minimum Gasteiger partial charge on any atom is -0.493 e. The molecule has 0 amide bonds. The molecule has 246 valence electrons. The van der Waals surface area contributed by atoms with Gasteiger partial charge in [0.25, 0.3) is 0 Å². The lowest BCUT2D eigenvalue weighted by atomic mass is 9.84. The maximum atomic E-state index is 14.4. The molecule has 0 aliphatic rings. The lowest BCUT2D eigenvalue weighted by molar-refractivity contribution is 0.0595. The smallest absolute Gasteiger partial charge is 0.339 e. The first-order valence-corrected chi connectivity index (χ1v) is 14.8. The molecule has 3 aromatic carbocycles. The molecular formula is C34H44O11. The third-order valence-electron chi connectivity index (χ3n) is 7.93. The molecule has 0 saturated heterocycles. The number of carbonyl (C=O) groups excluding carboxylic acids is 2. The molecule has 0 bridgehead atoms. The third kappa shape index (κ3) is 7.20. The number of hydrogen-bond acceptors (Lipinski definition) is 11. The number of ketones is 1. The van der Waals surface area contributed by atoms with Crippen LogP contribution in [0, 0.1) is 5.92 Å². The molecule has 0 aliphatic carbocycles. The molecule has 1 atom stereocenters. The van der Waals surface area contributed by atoms with Gasteiger partial charge in [0, 0.05) is 29.2 Å². The van der Waals surface area contributed by atoms with Crippen molar-refractivity contribution in [2.75, 3.05) is 55.9 Å². The minimum absolute atomic E-state index is 0.0267. The molecule has 11 heteroatoms. The van der Waals surface area contributed by atoms with Gasteiger partial charge < -0.3 is 43.4 Å². The van der Waals surface area contributed by atoms with Gasteiger partial charge in [0.05, 0.1) is 73.1 Å². The van der Waals surface area contributed by atoms with Crippen molar-refractivity contribution in [1.29, 1.82) is 0 Å². The Morgan fingerprint density at radius 2 is 1.42 bits per heavy atom. The monoisotopic (exact) mass is 628 g/mol. The molecule has 0 spiro atoms. The van der Waals surface area contributed by atoms with Crippen LogP contribution in [-0.2, 0) is 4.74 Å². The zero-order valence-corrected chi connectivity index (χ0v) is 27.3. The van der Waals surface area contributed by atoms with Crippen LogP contribution in [0.5, 0.6) is 34.5 Å². The van der Waals surface area contributed by atoms with E-state index in [4.69, 9.17) is 33.2 Å². The van der Waals surface area contributed by atoms with Crippen LogP contribution in [0.4, 0.5) is 0 Å². The Labute approximate surface area is 263 Å². The molecule has 0 heterocycles. The summed E-state index contributed by atoms with van der Waals surface area (Å²) in [6, 6.07) is 6.80. The fourth-order valence-corrected chi connectivity index (χ4v) is 5.41. The van der Waals surface area contributed by atoms with E-state index in [1.54, 1.807) is 24.3 Å². The quantitative estimate of drug-likeness (QED) is 0.145. The molecule has 0 unspecified atom stereocenters. The van der Waals surface area contributed by atoms with Crippen LogP contribution in [0.1, 0.15) is 60.2 Å². The SMILES string of the molecule is CCC(CC)CC(=O)c1c(C(=O)OC)c(-c2ccc(OC)c(OC)c2)c2c(OC)c(OC)c(OC)cc2c1OCC[C@H](O)CO. The summed E-state index contributed by atoms with van der Waals surface area (Å²) >= 11 is 0. The molecule has 2 N–H and O–H groups in total. The van der Waals surface area contributed by atoms with Crippen LogP contribution in [0.2, 0.25) is 0 Å².